The first-order valence-corrected chi connectivity index (χ1v) is 6.88. The van der Waals surface area contributed by atoms with Crippen molar-refractivity contribution in [2.24, 2.45) is 5.73 Å². The summed E-state index contributed by atoms with van der Waals surface area (Å²) in [5.74, 6) is -1.03. The second-order valence-corrected chi connectivity index (χ2v) is 5.68. The molecule has 120 valence electrons. The van der Waals surface area contributed by atoms with Gasteiger partial charge in [0.1, 0.15) is 5.54 Å². The number of rotatable bonds is 3. The van der Waals surface area contributed by atoms with Crippen LogP contribution in [0.1, 0.15) is 24.0 Å². The Morgan fingerprint density at radius 2 is 2.09 bits per heavy atom. The predicted molar refractivity (Wildman–Crippen MR) is 74.1 cm³/mol. The number of carbonyl (C=O) groups excluding carboxylic acids is 2. The molecule has 2 amide bonds. The van der Waals surface area contributed by atoms with Crippen LogP contribution in [0.25, 0.3) is 0 Å². The maximum Gasteiger partial charge on any atom is 0.417 e. The molecule has 0 aromatic heterocycles. The average molecular weight is 335 g/mol. The van der Waals surface area contributed by atoms with Gasteiger partial charge >= 0.3 is 6.18 Å². The highest BCUT2D eigenvalue weighted by molar-refractivity contribution is 6.32. The van der Waals surface area contributed by atoms with Gasteiger partial charge in [-0.3, -0.25) is 9.59 Å². The summed E-state index contributed by atoms with van der Waals surface area (Å²) in [6, 6.07) is 3.49. The van der Waals surface area contributed by atoms with Gasteiger partial charge in [0, 0.05) is 19.9 Å². The van der Waals surface area contributed by atoms with Crippen molar-refractivity contribution in [3.8, 4) is 0 Å². The standard InChI is InChI=1S/C14H14ClF3N2O2/c1-20-10(21)5-6-13(20,12(19)22)7-8-3-2-4-9(11(8)15)14(16,17)18/h2-4H,5-7H2,1H3,(H2,19,22)/t13-/m1/s1. The van der Waals surface area contributed by atoms with Crippen LogP contribution in [-0.2, 0) is 22.2 Å². The summed E-state index contributed by atoms with van der Waals surface area (Å²) in [6.45, 7) is 0. The van der Waals surface area contributed by atoms with Crippen molar-refractivity contribution < 1.29 is 22.8 Å². The van der Waals surface area contributed by atoms with Gasteiger partial charge in [0.15, 0.2) is 0 Å². The highest BCUT2D eigenvalue weighted by Crippen LogP contribution is 2.39. The third kappa shape index (κ3) is 2.65. The maximum atomic E-state index is 12.9. The fourth-order valence-corrected chi connectivity index (χ4v) is 3.02. The van der Waals surface area contributed by atoms with Gasteiger partial charge in [-0.15, -0.1) is 0 Å². The van der Waals surface area contributed by atoms with E-state index in [1.807, 2.05) is 0 Å². The van der Waals surface area contributed by atoms with Crippen LogP contribution in [0.4, 0.5) is 13.2 Å². The minimum Gasteiger partial charge on any atom is -0.368 e. The summed E-state index contributed by atoms with van der Waals surface area (Å²) >= 11 is 5.85. The molecule has 0 unspecified atom stereocenters. The lowest BCUT2D eigenvalue weighted by molar-refractivity contribution is -0.138. The number of carbonyl (C=O) groups is 2. The summed E-state index contributed by atoms with van der Waals surface area (Å²) in [4.78, 5) is 24.7. The van der Waals surface area contributed by atoms with Crippen molar-refractivity contribution in [1.29, 1.82) is 0 Å². The summed E-state index contributed by atoms with van der Waals surface area (Å²) in [7, 11) is 1.42. The third-order valence-electron chi connectivity index (χ3n) is 4.09. The molecule has 8 heteroatoms. The number of amides is 2. The third-order valence-corrected chi connectivity index (χ3v) is 4.54. The van der Waals surface area contributed by atoms with Gasteiger partial charge in [-0.2, -0.15) is 13.2 Å². The zero-order valence-corrected chi connectivity index (χ0v) is 12.5. The van der Waals surface area contributed by atoms with E-state index in [-0.39, 0.29) is 30.7 Å². The fourth-order valence-electron chi connectivity index (χ4n) is 2.72. The van der Waals surface area contributed by atoms with Crippen molar-refractivity contribution in [2.45, 2.75) is 31.0 Å². The highest BCUT2D eigenvalue weighted by Gasteiger charge is 2.48. The van der Waals surface area contributed by atoms with Crippen LogP contribution in [0.15, 0.2) is 18.2 Å². The number of likely N-dealkylation sites (N-methyl/N-ethyl adjacent to an activating group) is 1. The zero-order valence-electron chi connectivity index (χ0n) is 11.7. The molecule has 0 radical (unpaired) electrons. The molecule has 1 aliphatic rings. The Morgan fingerprint density at radius 1 is 1.45 bits per heavy atom. The molecule has 2 N–H and O–H groups in total. The van der Waals surface area contributed by atoms with Crippen LogP contribution in [0.3, 0.4) is 0 Å². The van der Waals surface area contributed by atoms with Gasteiger partial charge in [0.2, 0.25) is 11.8 Å². The molecule has 1 aliphatic heterocycles. The number of nitrogens with two attached hydrogens (primary N) is 1. The van der Waals surface area contributed by atoms with Crippen molar-refractivity contribution in [3.05, 3.63) is 34.3 Å². The molecule has 1 fully saturated rings. The highest BCUT2D eigenvalue weighted by atomic mass is 35.5. The van der Waals surface area contributed by atoms with E-state index in [0.717, 1.165) is 6.07 Å². The van der Waals surface area contributed by atoms with E-state index in [4.69, 9.17) is 17.3 Å². The van der Waals surface area contributed by atoms with E-state index in [2.05, 4.69) is 0 Å². The number of halogens is 4. The first-order chi connectivity index (χ1) is 10.1. The molecule has 1 aromatic carbocycles. The Labute approximate surface area is 130 Å². The largest absolute Gasteiger partial charge is 0.417 e. The SMILES string of the molecule is CN1C(=O)CC[C@@]1(Cc1cccc(C(F)(F)F)c1Cl)C(N)=O. The average Bonchev–Trinajstić information content (AvgIpc) is 2.69. The number of hydrogen-bond donors (Lipinski definition) is 1. The first kappa shape index (κ1) is 16.6. The Kier molecular flexibility index (Phi) is 4.12. The summed E-state index contributed by atoms with van der Waals surface area (Å²) < 4.78 is 38.7. The van der Waals surface area contributed by atoms with Gasteiger partial charge in [-0.05, 0) is 18.1 Å². The van der Waals surface area contributed by atoms with Crippen molar-refractivity contribution in [2.75, 3.05) is 7.05 Å². The maximum absolute atomic E-state index is 12.9. The number of alkyl halides is 3. The predicted octanol–water partition coefficient (Wildman–Crippen LogP) is 2.38. The molecule has 1 aromatic rings. The molecule has 22 heavy (non-hydrogen) atoms. The minimum absolute atomic E-state index is 0.121. The molecular weight excluding hydrogens is 321 g/mol. The first-order valence-electron chi connectivity index (χ1n) is 6.51. The number of nitrogens with zero attached hydrogens (tertiary/aromatic N) is 1. The molecule has 1 atom stereocenters. The van der Waals surface area contributed by atoms with E-state index >= 15 is 0 Å². The van der Waals surface area contributed by atoms with Gasteiger partial charge < -0.3 is 10.6 Å². The number of likely N-dealkylation sites (tertiary alicyclic amines) is 1. The molecule has 0 aliphatic carbocycles. The Hall–Kier alpha value is -1.76. The lowest BCUT2D eigenvalue weighted by Gasteiger charge is -2.33. The van der Waals surface area contributed by atoms with Crippen molar-refractivity contribution in [3.63, 3.8) is 0 Å². The van der Waals surface area contributed by atoms with Crippen LogP contribution < -0.4 is 5.73 Å². The van der Waals surface area contributed by atoms with Crippen LogP contribution >= 0.6 is 11.6 Å². The van der Waals surface area contributed by atoms with E-state index in [1.165, 1.54) is 24.1 Å². The van der Waals surface area contributed by atoms with Gasteiger partial charge in [0.05, 0.1) is 10.6 Å². The van der Waals surface area contributed by atoms with Gasteiger partial charge in [-0.1, -0.05) is 23.7 Å². The van der Waals surface area contributed by atoms with Crippen LogP contribution in [0.5, 0.6) is 0 Å². The smallest absolute Gasteiger partial charge is 0.368 e. The number of primary amides is 1. The quantitative estimate of drug-likeness (QED) is 0.922. The second-order valence-electron chi connectivity index (χ2n) is 5.30. The summed E-state index contributed by atoms with van der Waals surface area (Å²) in [5.41, 5.74) is 3.23. The molecule has 0 spiro atoms. The molecule has 4 nitrogen and oxygen atoms in total. The Morgan fingerprint density at radius 3 is 2.55 bits per heavy atom. The minimum atomic E-state index is -4.59. The number of hydrogen-bond acceptors (Lipinski definition) is 2. The Balaban J connectivity index is 2.45. The topological polar surface area (TPSA) is 63.4 Å². The van der Waals surface area contributed by atoms with Crippen molar-refractivity contribution >= 4 is 23.4 Å². The zero-order chi connectivity index (χ0) is 16.7. The molecule has 2 rings (SSSR count). The Bertz CT molecular complexity index is 633. The molecule has 0 saturated carbocycles. The second kappa shape index (κ2) is 5.46. The van der Waals surface area contributed by atoms with Gasteiger partial charge in [-0.25, -0.2) is 0 Å². The molecule has 1 heterocycles. The molecule has 1 saturated heterocycles. The molecule has 0 bridgehead atoms. The summed E-state index contributed by atoms with van der Waals surface area (Å²) in [6.07, 6.45) is -4.46. The van der Waals surface area contributed by atoms with Crippen molar-refractivity contribution in [1.82, 2.24) is 4.90 Å². The summed E-state index contributed by atoms with van der Waals surface area (Å²) in [5, 5.41) is -0.469. The van der Waals surface area contributed by atoms with Crippen LogP contribution in [-0.4, -0.2) is 29.3 Å². The van der Waals surface area contributed by atoms with Crippen LogP contribution in [0.2, 0.25) is 5.02 Å². The van der Waals surface area contributed by atoms with E-state index < -0.39 is 28.2 Å². The molecular formula is C14H14ClF3N2O2. The number of benzene rings is 1. The lowest BCUT2D eigenvalue weighted by atomic mass is 9.87. The van der Waals surface area contributed by atoms with E-state index in [1.54, 1.807) is 0 Å². The van der Waals surface area contributed by atoms with Crippen LogP contribution in [0, 0.1) is 0 Å². The monoisotopic (exact) mass is 334 g/mol. The van der Waals surface area contributed by atoms with E-state index in [0.29, 0.717) is 0 Å². The van der Waals surface area contributed by atoms with E-state index in [9.17, 15) is 22.8 Å². The normalized spacial score (nSPS) is 22.2. The lowest BCUT2D eigenvalue weighted by Crippen LogP contribution is -2.54. The fraction of sp³-hybridized carbons (Fsp3) is 0.429. The van der Waals surface area contributed by atoms with Gasteiger partial charge in [0.25, 0.3) is 0 Å².